The van der Waals surface area contributed by atoms with E-state index < -0.39 is 15.6 Å². The summed E-state index contributed by atoms with van der Waals surface area (Å²) in [5, 5.41) is 3.83. The quantitative estimate of drug-likeness (QED) is 0.702. The number of carbonyl (C=O) groups is 1. The van der Waals surface area contributed by atoms with Crippen molar-refractivity contribution in [1.82, 2.24) is 14.1 Å². The number of amides is 1. The Balaban J connectivity index is 1.59. The van der Waals surface area contributed by atoms with E-state index in [1.165, 1.54) is 4.31 Å². The summed E-state index contributed by atoms with van der Waals surface area (Å²) < 4.78 is 39.9. The Bertz CT molecular complexity index is 775. The van der Waals surface area contributed by atoms with E-state index in [1.807, 2.05) is 0 Å². The minimum absolute atomic E-state index is 0.102. The Morgan fingerprint density at radius 2 is 2.12 bits per heavy atom. The number of aryl methyl sites for hydroxylation is 1. The lowest BCUT2D eigenvalue weighted by Crippen LogP contribution is -2.61. The van der Waals surface area contributed by atoms with Gasteiger partial charge in [-0.1, -0.05) is 0 Å². The molecular weight excluding hydrogens is 348 g/mol. The van der Waals surface area contributed by atoms with E-state index >= 15 is 0 Å². The molecule has 2 aliphatic heterocycles. The standard InChI is InChI=1S/C15H22N4O5S/c1-17-7-12(6-16-17)19-10-15(24-8-14(19)20)9-18(4-5-23-11-15)25(21,22)13-2-3-13/h6-7,13H,2-5,8-11H2,1H3/t15-/m0/s1. The lowest BCUT2D eigenvalue weighted by atomic mass is 10.0. The van der Waals surface area contributed by atoms with Crippen LogP contribution in [0.1, 0.15) is 12.8 Å². The van der Waals surface area contributed by atoms with Gasteiger partial charge in [-0.25, -0.2) is 8.42 Å². The number of nitrogens with zero attached hydrogens (tertiary/aromatic N) is 4. The number of anilines is 1. The van der Waals surface area contributed by atoms with E-state index in [0.717, 1.165) is 0 Å². The van der Waals surface area contributed by atoms with Crippen LogP contribution >= 0.6 is 0 Å². The average Bonchev–Trinajstić information content (AvgIpc) is 3.37. The van der Waals surface area contributed by atoms with Gasteiger partial charge in [0.2, 0.25) is 10.0 Å². The molecular formula is C15H22N4O5S. The fourth-order valence-electron chi connectivity index (χ4n) is 3.35. The van der Waals surface area contributed by atoms with Gasteiger partial charge in [-0.05, 0) is 12.8 Å². The Hall–Kier alpha value is -1.49. The number of morpholine rings is 1. The molecule has 9 nitrogen and oxygen atoms in total. The highest BCUT2D eigenvalue weighted by Crippen LogP contribution is 2.34. The number of rotatable bonds is 3. The molecule has 3 fully saturated rings. The summed E-state index contributed by atoms with van der Waals surface area (Å²) in [6.45, 7) is 1.26. The molecule has 0 N–H and O–H groups in total. The van der Waals surface area contributed by atoms with Gasteiger partial charge in [0.05, 0.1) is 36.9 Å². The lowest BCUT2D eigenvalue weighted by Gasteiger charge is -2.42. The van der Waals surface area contributed by atoms with Crippen LogP contribution in [-0.2, 0) is 31.3 Å². The van der Waals surface area contributed by atoms with Crippen molar-refractivity contribution in [3.05, 3.63) is 12.4 Å². The van der Waals surface area contributed by atoms with E-state index in [-0.39, 0.29) is 37.5 Å². The molecule has 3 heterocycles. The fraction of sp³-hybridized carbons (Fsp3) is 0.733. The molecule has 3 aliphatic rings. The van der Waals surface area contributed by atoms with Gasteiger partial charge in [0.15, 0.2) is 0 Å². The monoisotopic (exact) mass is 370 g/mol. The zero-order chi connectivity index (χ0) is 17.7. The molecule has 1 aromatic heterocycles. The Morgan fingerprint density at radius 1 is 1.32 bits per heavy atom. The predicted octanol–water partition coefficient (Wildman–Crippen LogP) is -0.653. The predicted molar refractivity (Wildman–Crippen MR) is 88.6 cm³/mol. The van der Waals surface area contributed by atoms with Gasteiger partial charge in [-0.2, -0.15) is 9.40 Å². The van der Waals surface area contributed by atoms with Crippen molar-refractivity contribution >= 4 is 21.6 Å². The second-order valence-electron chi connectivity index (χ2n) is 6.95. The van der Waals surface area contributed by atoms with E-state index in [2.05, 4.69) is 5.10 Å². The summed E-state index contributed by atoms with van der Waals surface area (Å²) in [4.78, 5) is 13.9. The molecule has 0 unspecified atom stereocenters. The summed E-state index contributed by atoms with van der Waals surface area (Å²) in [5.41, 5.74) is -0.182. The summed E-state index contributed by atoms with van der Waals surface area (Å²) >= 11 is 0. The first-order chi connectivity index (χ1) is 11.9. The Labute approximate surface area is 146 Å². The van der Waals surface area contributed by atoms with Crippen LogP contribution in [0.15, 0.2) is 12.4 Å². The number of hydrogen-bond acceptors (Lipinski definition) is 6. The average molecular weight is 370 g/mol. The number of hydrogen-bond donors (Lipinski definition) is 0. The summed E-state index contributed by atoms with van der Waals surface area (Å²) in [7, 11) is -1.54. The molecule has 2 saturated heterocycles. The molecule has 1 saturated carbocycles. The number of aromatic nitrogens is 2. The maximum absolute atomic E-state index is 12.7. The maximum Gasteiger partial charge on any atom is 0.253 e. The summed E-state index contributed by atoms with van der Waals surface area (Å²) in [6.07, 6.45) is 4.81. The minimum atomic E-state index is -3.33. The van der Waals surface area contributed by atoms with Crippen molar-refractivity contribution < 1.29 is 22.7 Å². The van der Waals surface area contributed by atoms with Crippen molar-refractivity contribution in [2.75, 3.05) is 44.4 Å². The minimum Gasteiger partial charge on any atom is -0.377 e. The molecule has 0 radical (unpaired) electrons. The molecule has 0 bridgehead atoms. The zero-order valence-electron chi connectivity index (χ0n) is 14.1. The smallest absolute Gasteiger partial charge is 0.253 e. The number of carbonyl (C=O) groups excluding carboxylic acids is 1. The van der Waals surface area contributed by atoms with Gasteiger partial charge in [-0.15, -0.1) is 0 Å². The van der Waals surface area contributed by atoms with E-state index in [0.29, 0.717) is 31.7 Å². The van der Waals surface area contributed by atoms with E-state index in [9.17, 15) is 13.2 Å². The topological polar surface area (TPSA) is 94.0 Å². The van der Waals surface area contributed by atoms with E-state index in [1.54, 1.807) is 29.0 Å². The fourth-order valence-corrected chi connectivity index (χ4v) is 5.24. The molecule has 1 atom stereocenters. The first-order valence-electron chi connectivity index (χ1n) is 8.39. The second-order valence-corrected chi connectivity index (χ2v) is 9.17. The molecule has 1 aromatic rings. The highest BCUT2D eigenvalue weighted by Gasteiger charge is 2.48. The normalized spacial score (nSPS) is 29.2. The van der Waals surface area contributed by atoms with Gasteiger partial charge < -0.3 is 14.4 Å². The van der Waals surface area contributed by atoms with Crippen molar-refractivity contribution in [1.29, 1.82) is 0 Å². The van der Waals surface area contributed by atoms with Crippen LogP contribution in [0, 0.1) is 0 Å². The maximum atomic E-state index is 12.7. The lowest BCUT2D eigenvalue weighted by molar-refractivity contribution is -0.145. The van der Waals surface area contributed by atoms with Crippen molar-refractivity contribution in [2.24, 2.45) is 7.05 Å². The van der Waals surface area contributed by atoms with Crippen LogP contribution in [-0.4, -0.2) is 78.7 Å². The number of ether oxygens (including phenoxy) is 2. The van der Waals surface area contributed by atoms with Gasteiger partial charge in [0, 0.05) is 26.3 Å². The van der Waals surface area contributed by atoms with Gasteiger partial charge >= 0.3 is 0 Å². The molecule has 138 valence electrons. The third-order valence-electron chi connectivity index (χ3n) is 4.87. The zero-order valence-corrected chi connectivity index (χ0v) is 14.9. The summed E-state index contributed by atoms with van der Waals surface area (Å²) in [6, 6.07) is 0. The van der Waals surface area contributed by atoms with Gasteiger partial charge in [0.1, 0.15) is 12.2 Å². The van der Waals surface area contributed by atoms with Gasteiger partial charge in [-0.3, -0.25) is 9.48 Å². The van der Waals surface area contributed by atoms with Crippen LogP contribution in [0.5, 0.6) is 0 Å². The SMILES string of the molecule is Cn1cc(N2C[C@@]3(COCCN(S(=O)(=O)C4CC4)C3)OCC2=O)cn1. The third-order valence-corrected chi connectivity index (χ3v) is 7.22. The van der Waals surface area contributed by atoms with Crippen LogP contribution in [0.3, 0.4) is 0 Å². The molecule has 1 amide bonds. The molecule has 1 spiro atoms. The van der Waals surface area contributed by atoms with Crippen LogP contribution in [0.25, 0.3) is 0 Å². The Morgan fingerprint density at radius 3 is 2.80 bits per heavy atom. The third kappa shape index (κ3) is 3.19. The summed E-state index contributed by atoms with van der Waals surface area (Å²) in [5.74, 6) is -0.167. The van der Waals surface area contributed by atoms with Crippen molar-refractivity contribution in [3.8, 4) is 0 Å². The second kappa shape index (κ2) is 6.04. The highest BCUT2D eigenvalue weighted by molar-refractivity contribution is 7.90. The molecule has 1 aliphatic carbocycles. The van der Waals surface area contributed by atoms with E-state index in [4.69, 9.17) is 9.47 Å². The largest absolute Gasteiger partial charge is 0.377 e. The van der Waals surface area contributed by atoms with Crippen LogP contribution in [0.2, 0.25) is 0 Å². The highest BCUT2D eigenvalue weighted by atomic mass is 32.2. The van der Waals surface area contributed by atoms with Gasteiger partial charge in [0.25, 0.3) is 5.91 Å². The van der Waals surface area contributed by atoms with Crippen molar-refractivity contribution in [3.63, 3.8) is 0 Å². The number of sulfonamides is 1. The Kier molecular flexibility index (Phi) is 4.10. The molecule has 0 aromatic carbocycles. The van der Waals surface area contributed by atoms with Crippen LogP contribution in [0.4, 0.5) is 5.69 Å². The molecule has 10 heteroatoms. The van der Waals surface area contributed by atoms with Crippen LogP contribution < -0.4 is 4.90 Å². The first-order valence-corrected chi connectivity index (χ1v) is 9.90. The first kappa shape index (κ1) is 17.0. The van der Waals surface area contributed by atoms with Crippen molar-refractivity contribution in [2.45, 2.75) is 23.7 Å². The molecule has 25 heavy (non-hydrogen) atoms. The molecule has 4 rings (SSSR count).